The third-order valence-electron chi connectivity index (χ3n) is 4.41. The van der Waals surface area contributed by atoms with Crippen LogP contribution in [0.1, 0.15) is 36.5 Å². The van der Waals surface area contributed by atoms with Gasteiger partial charge in [0.2, 0.25) is 0 Å². The van der Waals surface area contributed by atoms with Crippen LogP contribution in [0.3, 0.4) is 0 Å². The Morgan fingerprint density at radius 3 is 2.52 bits per heavy atom. The summed E-state index contributed by atoms with van der Waals surface area (Å²) in [5.74, 6) is 0.329. The SMILES string of the molecule is Cc1cccc(C2(C)C/C(=C\c3ccccc3)CC2=O)c1. The molecule has 1 aliphatic carbocycles. The van der Waals surface area contributed by atoms with Gasteiger partial charge in [-0.2, -0.15) is 0 Å². The van der Waals surface area contributed by atoms with Crippen LogP contribution in [0.4, 0.5) is 0 Å². The largest absolute Gasteiger partial charge is 0.298 e. The highest BCUT2D eigenvalue weighted by Crippen LogP contribution is 2.41. The summed E-state index contributed by atoms with van der Waals surface area (Å²) in [5, 5.41) is 0. The smallest absolute Gasteiger partial charge is 0.147 e. The number of allylic oxidation sites excluding steroid dienone is 1. The number of carbonyl (C=O) groups excluding carboxylic acids is 1. The molecule has 1 fully saturated rings. The van der Waals surface area contributed by atoms with Gasteiger partial charge in [-0.15, -0.1) is 0 Å². The van der Waals surface area contributed by atoms with Gasteiger partial charge in [-0.05, 0) is 31.4 Å². The van der Waals surface area contributed by atoms with Crippen LogP contribution in [-0.4, -0.2) is 5.78 Å². The van der Waals surface area contributed by atoms with E-state index in [1.54, 1.807) is 0 Å². The summed E-state index contributed by atoms with van der Waals surface area (Å²) in [4.78, 5) is 12.6. The van der Waals surface area contributed by atoms with Crippen molar-refractivity contribution in [3.05, 3.63) is 76.9 Å². The number of hydrogen-bond donors (Lipinski definition) is 0. The summed E-state index contributed by atoms with van der Waals surface area (Å²) < 4.78 is 0. The highest BCUT2D eigenvalue weighted by molar-refractivity contribution is 5.96. The lowest BCUT2D eigenvalue weighted by molar-refractivity contribution is -0.121. The zero-order valence-electron chi connectivity index (χ0n) is 12.6. The lowest BCUT2D eigenvalue weighted by Gasteiger charge is -2.22. The number of benzene rings is 2. The molecule has 0 N–H and O–H groups in total. The molecule has 2 aromatic carbocycles. The minimum Gasteiger partial charge on any atom is -0.298 e. The second kappa shape index (κ2) is 5.33. The summed E-state index contributed by atoms with van der Waals surface area (Å²) in [6.07, 6.45) is 3.56. The zero-order chi connectivity index (χ0) is 14.9. The van der Waals surface area contributed by atoms with E-state index in [9.17, 15) is 4.79 Å². The van der Waals surface area contributed by atoms with E-state index < -0.39 is 0 Å². The molecule has 1 heteroatoms. The molecule has 1 atom stereocenters. The predicted molar refractivity (Wildman–Crippen MR) is 87.2 cm³/mol. The molecule has 0 heterocycles. The Hall–Kier alpha value is -2.15. The van der Waals surface area contributed by atoms with Gasteiger partial charge in [0.25, 0.3) is 0 Å². The molecule has 0 bridgehead atoms. The Balaban J connectivity index is 1.93. The van der Waals surface area contributed by atoms with Crippen LogP contribution in [0.2, 0.25) is 0 Å². The molecule has 0 aliphatic heterocycles. The van der Waals surface area contributed by atoms with Crippen LogP contribution in [0.15, 0.2) is 60.2 Å². The lowest BCUT2D eigenvalue weighted by atomic mass is 9.79. The van der Waals surface area contributed by atoms with Crippen molar-refractivity contribution in [2.24, 2.45) is 0 Å². The standard InChI is InChI=1S/C20H20O/c1-15-7-6-10-18(11-15)20(2)14-17(13-19(20)21)12-16-8-4-3-5-9-16/h3-12H,13-14H2,1-2H3/b17-12-. The number of ketones is 1. The average molecular weight is 276 g/mol. The molecule has 0 radical (unpaired) electrons. The van der Waals surface area contributed by atoms with Gasteiger partial charge in [-0.3, -0.25) is 4.79 Å². The summed E-state index contributed by atoms with van der Waals surface area (Å²) in [6.45, 7) is 4.16. The minimum absolute atomic E-state index is 0.329. The fourth-order valence-electron chi connectivity index (χ4n) is 3.15. The van der Waals surface area contributed by atoms with E-state index >= 15 is 0 Å². The second-order valence-electron chi connectivity index (χ2n) is 6.19. The van der Waals surface area contributed by atoms with Crippen molar-refractivity contribution in [1.82, 2.24) is 0 Å². The van der Waals surface area contributed by atoms with Gasteiger partial charge in [0.05, 0.1) is 5.41 Å². The van der Waals surface area contributed by atoms with E-state index in [0.29, 0.717) is 12.2 Å². The maximum absolute atomic E-state index is 12.6. The molecular formula is C20H20O. The summed E-state index contributed by atoms with van der Waals surface area (Å²) in [7, 11) is 0. The monoisotopic (exact) mass is 276 g/mol. The topological polar surface area (TPSA) is 17.1 Å². The molecule has 2 aromatic rings. The van der Waals surface area contributed by atoms with Crippen LogP contribution >= 0.6 is 0 Å². The van der Waals surface area contributed by atoms with Gasteiger partial charge >= 0.3 is 0 Å². The lowest BCUT2D eigenvalue weighted by Crippen LogP contribution is -2.26. The van der Waals surface area contributed by atoms with Crippen LogP contribution in [0, 0.1) is 6.92 Å². The quantitative estimate of drug-likeness (QED) is 0.777. The second-order valence-corrected chi connectivity index (χ2v) is 6.19. The minimum atomic E-state index is -0.368. The van der Waals surface area contributed by atoms with E-state index in [1.807, 2.05) is 24.3 Å². The van der Waals surface area contributed by atoms with Crippen LogP contribution in [0.5, 0.6) is 0 Å². The van der Waals surface area contributed by atoms with E-state index in [-0.39, 0.29) is 5.41 Å². The predicted octanol–water partition coefficient (Wildman–Crippen LogP) is 4.70. The fraction of sp³-hybridized carbons (Fsp3) is 0.250. The molecule has 0 aromatic heterocycles. The Labute approximate surface area is 126 Å². The zero-order valence-corrected chi connectivity index (χ0v) is 12.6. The van der Waals surface area contributed by atoms with Crippen molar-refractivity contribution in [3.8, 4) is 0 Å². The van der Waals surface area contributed by atoms with Crippen molar-refractivity contribution in [2.45, 2.75) is 32.1 Å². The van der Waals surface area contributed by atoms with E-state index in [0.717, 1.165) is 12.0 Å². The third-order valence-corrected chi connectivity index (χ3v) is 4.41. The number of rotatable bonds is 2. The molecule has 1 aliphatic rings. The molecule has 0 saturated heterocycles. The van der Waals surface area contributed by atoms with Crippen molar-refractivity contribution in [2.75, 3.05) is 0 Å². The Kier molecular flexibility index (Phi) is 3.50. The molecule has 1 saturated carbocycles. The van der Waals surface area contributed by atoms with Crippen LogP contribution < -0.4 is 0 Å². The van der Waals surface area contributed by atoms with Gasteiger partial charge in [0.15, 0.2) is 0 Å². The first-order valence-corrected chi connectivity index (χ1v) is 7.43. The first-order valence-electron chi connectivity index (χ1n) is 7.43. The Bertz CT molecular complexity index is 697. The molecule has 1 nitrogen and oxygen atoms in total. The number of carbonyl (C=O) groups is 1. The number of hydrogen-bond acceptors (Lipinski definition) is 1. The molecular weight excluding hydrogens is 256 g/mol. The van der Waals surface area contributed by atoms with Gasteiger partial charge < -0.3 is 0 Å². The third kappa shape index (κ3) is 2.69. The molecule has 21 heavy (non-hydrogen) atoms. The highest BCUT2D eigenvalue weighted by atomic mass is 16.1. The number of aryl methyl sites for hydroxylation is 1. The van der Waals surface area contributed by atoms with Crippen molar-refractivity contribution >= 4 is 11.9 Å². The van der Waals surface area contributed by atoms with E-state index in [2.05, 4.69) is 50.3 Å². The van der Waals surface area contributed by atoms with Crippen LogP contribution in [-0.2, 0) is 10.2 Å². The van der Waals surface area contributed by atoms with E-state index in [1.165, 1.54) is 16.7 Å². The van der Waals surface area contributed by atoms with Crippen LogP contribution in [0.25, 0.3) is 6.08 Å². The van der Waals surface area contributed by atoms with Gasteiger partial charge in [-0.25, -0.2) is 0 Å². The van der Waals surface area contributed by atoms with Crippen molar-refractivity contribution < 1.29 is 4.79 Å². The Morgan fingerprint density at radius 2 is 1.81 bits per heavy atom. The summed E-state index contributed by atoms with van der Waals surface area (Å²) >= 11 is 0. The average Bonchev–Trinajstić information content (AvgIpc) is 2.76. The first kappa shape index (κ1) is 13.8. The molecule has 1 unspecified atom stereocenters. The summed E-state index contributed by atoms with van der Waals surface area (Å²) in [6, 6.07) is 18.6. The molecule has 106 valence electrons. The van der Waals surface area contributed by atoms with Gasteiger partial charge in [-0.1, -0.05) is 71.8 Å². The van der Waals surface area contributed by atoms with Crippen molar-refractivity contribution in [3.63, 3.8) is 0 Å². The highest BCUT2D eigenvalue weighted by Gasteiger charge is 2.41. The van der Waals surface area contributed by atoms with Crippen molar-refractivity contribution in [1.29, 1.82) is 0 Å². The molecule has 0 spiro atoms. The molecule has 0 amide bonds. The van der Waals surface area contributed by atoms with E-state index in [4.69, 9.17) is 0 Å². The fourth-order valence-corrected chi connectivity index (χ4v) is 3.15. The van der Waals surface area contributed by atoms with Gasteiger partial charge in [0, 0.05) is 6.42 Å². The number of Topliss-reactive ketones (excluding diaryl/α,β-unsaturated/α-hetero) is 1. The normalized spacial score (nSPS) is 23.7. The maximum Gasteiger partial charge on any atom is 0.147 e. The van der Waals surface area contributed by atoms with Gasteiger partial charge in [0.1, 0.15) is 5.78 Å². The molecule has 3 rings (SSSR count). The Morgan fingerprint density at radius 1 is 1.05 bits per heavy atom. The first-order chi connectivity index (χ1) is 10.1. The summed E-state index contributed by atoms with van der Waals surface area (Å²) in [5.41, 5.74) is 4.39. The maximum atomic E-state index is 12.6.